The van der Waals surface area contributed by atoms with E-state index < -0.39 is 5.97 Å². The highest BCUT2D eigenvalue weighted by Crippen LogP contribution is 2.28. The number of aromatic hydroxyl groups is 1. The van der Waals surface area contributed by atoms with Crippen molar-refractivity contribution in [1.82, 2.24) is 0 Å². The number of esters is 1. The normalized spacial score (nSPS) is 15.2. The van der Waals surface area contributed by atoms with Gasteiger partial charge in [-0.1, -0.05) is 18.2 Å². The second-order valence-corrected chi connectivity index (χ2v) is 5.41. The van der Waals surface area contributed by atoms with Crippen molar-refractivity contribution in [3.8, 4) is 17.2 Å². The second-order valence-electron chi connectivity index (χ2n) is 5.41. The van der Waals surface area contributed by atoms with Crippen LogP contribution in [0.5, 0.6) is 17.2 Å². The van der Waals surface area contributed by atoms with Crippen molar-refractivity contribution in [2.45, 2.75) is 0 Å². The number of aliphatic imine (C=N–C) groups is 1. The van der Waals surface area contributed by atoms with Crippen LogP contribution in [-0.4, -0.2) is 31.2 Å². The molecule has 6 heteroatoms. The molecule has 0 saturated carbocycles. The second kappa shape index (κ2) is 7.57. The molecule has 0 fully saturated rings. The Labute approximate surface area is 150 Å². The van der Waals surface area contributed by atoms with Gasteiger partial charge in [-0.15, -0.1) is 0 Å². The quantitative estimate of drug-likeness (QED) is 0.660. The molecule has 3 rings (SSSR count). The first kappa shape index (κ1) is 17.3. The third-order valence-corrected chi connectivity index (χ3v) is 3.68. The van der Waals surface area contributed by atoms with Crippen molar-refractivity contribution in [3.05, 3.63) is 65.4 Å². The number of benzene rings is 2. The van der Waals surface area contributed by atoms with Crippen molar-refractivity contribution in [2.24, 2.45) is 4.99 Å². The highest BCUT2D eigenvalue weighted by atomic mass is 16.6. The SMILES string of the molecule is COc1ccc(/C=C/C2=NC(=C\c3ccc(O)c(OC)c3)/C(=O)O2)cc1. The van der Waals surface area contributed by atoms with Gasteiger partial charge in [-0.25, -0.2) is 9.79 Å². The van der Waals surface area contributed by atoms with E-state index in [0.29, 0.717) is 11.3 Å². The number of rotatable bonds is 5. The summed E-state index contributed by atoms with van der Waals surface area (Å²) in [6.45, 7) is 0. The summed E-state index contributed by atoms with van der Waals surface area (Å²) < 4.78 is 15.3. The minimum atomic E-state index is -0.536. The predicted molar refractivity (Wildman–Crippen MR) is 98.2 cm³/mol. The molecule has 132 valence electrons. The number of phenols is 1. The van der Waals surface area contributed by atoms with Crippen LogP contribution in [0.3, 0.4) is 0 Å². The highest BCUT2D eigenvalue weighted by Gasteiger charge is 2.21. The maximum atomic E-state index is 12.0. The Morgan fingerprint density at radius 2 is 1.73 bits per heavy atom. The lowest BCUT2D eigenvalue weighted by molar-refractivity contribution is -0.129. The molecule has 2 aromatic carbocycles. The first-order chi connectivity index (χ1) is 12.6. The minimum Gasteiger partial charge on any atom is -0.504 e. The van der Waals surface area contributed by atoms with E-state index in [-0.39, 0.29) is 17.3 Å². The van der Waals surface area contributed by atoms with Crippen molar-refractivity contribution in [2.75, 3.05) is 14.2 Å². The van der Waals surface area contributed by atoms with Crippen LogP contribution in [-0.2, 0) is 9.53 Å². The average Bonchev–Trinajstić information content (AvgIpc) is 3.01. The third-order valence-electron chi connectivity index (χ3n) is 3.68. The lowest BCUT2D eigenvalue weighted by atomic mass is 10.1. The van der Waals surface area contributed by atoms with Gasteiger partial charge >= 0.3 is 5.97 Å². The van der Waals surface area contributed by atoms with Crippen molar-refractivity contribution >= 4 is 24.0 Å². The molecule has 0 aliphatic carbocycles. The fourth-order valence-electron chi connectivity index (χ4n) is 2.32. The minimum absolute atomic E-state index is 0.0234. The lowest BCUT2D eigenvalue weighted by Crippen LogP contribution is -2.01. The topological polar surface area (TPSA) is 77.4 Å². The average molecular weight is 351 g/mol. The molecule has 0 spiro atoms. The Kier molecular flexibility index (Phi) is 5.03. The van der Waals surface area contributed by atoms with Crippen LogP contribution < -0.4 is 9.47 Å². The number of cyclic esters (lactones) is 1. The number of ether oxygens (including phenoxy) is 3. The monoisotopic (exact) mass is 351 g/mol. The Morgan fingerprint density at radius 1 is 1.00 bits per heavy atom. The molecule has 0 radical (unpaired) electrons. The van der Waals surface area contributed by atoms with E-state index in [1.807, 2.05) is 24.3 Å². The molecule has 0 amide bonds. The zero-order valence-electron chi connectivity index (χ0n) is 14.3. The van der Waals surface area contributed by atoms with E-state index in [4.69, 9.17) is 14.2 Å². The summed E-state index contributed by atoms with van der Waals surface area (Å²) in [5, 5.41) is 9.62. The Balaban J connectivity index is 1.78. The molecule has 6 nitrogen and oxygen atoms in total. The molecule has 0 atom stereocenters. The Morgan fingerprint density at radius 3 is 2.42 bits per heavy atom. The molecule has 1 heterocycles. The lowest BCUT2D eigenvalue weighted by Gasteiger charge is -2.03. The Bertz CT molecular complexity index is 910. The van der Waals surface area contributed by atoms with E-state index in [1.165, 1.54) is 13.2 Å². The molecule has 26 heavy (non-hydrogen) atoms. The van der Waals surface area contributed by atoms with Crippen LogP contribution in [0.4, 0.5) is 0 Å². The van der Waals surface area contributed by atoms with Gasteiger partial charge in [0.2, 0.25) is 5.90 Å². The molecule has 1 N–H and O–H groups in total. The van der Waals surface area contributed by atoms with Gasteiger partial charge in [0, 0.05) is 6.08 Å². The number of carbonyl (C=O) groups excluding carboxylic acids is 1. The van der Waals surface area contributed by atoms with Crippen molar-refractivity contribution < 1.29 is 24.1 Å². The van der Waals surface area contributed by atoms with Crippen LogP contribution in [0.1, 0.15) is 11.1 Å². The van der Waals surface area contributed by atoms with Gasteiger partial charge in [0.25, 0.3) is 0 Å². The number of methoxy groups -OCH3 is 2. The van der Waals surface area contributed by atoms with E-state index in [2.05, 4.69) is 4.99 Å². The first-order valence-electron chi connectivity index (χ1n) is 7.81. The standard InChI is InChI=1S/C20H17NO5/c1-24-15-7-3-13(4-8-15)6-10-19-21-16(20(23)26-19)11-14-5-9-17(22)18(12-14)25-2/h3-12,22H,1-2H3/b10-6+,16-11-. The number of hydrogen-bond donors (Lipinski definition) is 1. The van der Waals surface area contributed by atoms with E-state index >= 15 is 0 Å². The van der Waals surface area contributed by atoms with Crippen LogP contribution in [0.15, 0.2) is 59.2 Å². The van der Waals surface area contributed by atoms with Crippen LogP contribution in [0.2, 0.25) is 0 Å². The smallest absolute Gasteiger partial charge is 0.363 e. The van der Waals surface area contributed by atoms with Crippen molar-refractivity contribution in [3.63, 3.8) is 0 Å². The summed E-state index contributed by atoms with van der Waals surface area (Å²) in [4.78, 5) is 16.2. The molecule has 2 aromatic rings. The maximum Gasteiger partial charge on any atom is 0.363 e. The summed E-state index contributed by atoms with van der Waals surface area (Å²) in [5.41, 5.74) is 1.76. The number of phenolic OH excluding ortho intramolecular Hbond substituents is 1. The highest BCUT2D eigenvalue weighted by molar-refractivity contribution is 6.11. The molecule has 0 bridgehead atoms. The maximum absolute atomic E-state index is 12.0. The van der Waals surface area contributed by atoms with Gasteiger partial charge in [0.15, 0.2) is 17.2 Å². The van der Waals surface area contributed by atoms with Gasteiger partial charge in [-0.3, -0.25) is 0 Å². The largest absolute Gasteiger partial charge is 0.504 e. The van der Waals surface area contributed by atoms with Gasteiger partial charge in [-0.2, -0.15) is 0 Å². The summed E-state index contributed by atoms with van der Waals surface area (Å²) in [6.07, 6.45) is 4.98. The van der Waals surface area contributed by atoms with Gasteiger partial charge in [0.1, 0.15) is 5.75 Å². The predicted octanol–water partition coefficient (Wildman–Crippen LogP) is 3.42. The molecular weight excluding hydrogens is 334 g/mol. The molecule has 1 aliphatic heterocycles. The summed E-state index contributed by atoms with van der Waals surface area (Å²) in [7, 11) is 3.06. The number of hydrogen-bond acceptors (Lipinski definition) is 6. The number of nitrogens with zero attached hydrogens (tertiary/aromatic N) is 1. The molecule has 1 aliphatic rings. The zero-order chi connectivity index (χ0) is 18.5. The number of carbonyl (C=O) groups is 1. The zero-order valence-corrected chi connectivity index (χ0v) is 14.3. The van der Waals surface area contributed by atoms with Gasteiger partial charge in [-0.05, 0) is 47.5 Å². The van der Waals surface area contributed by atoms with E-state index in [9.17, 15) is 9.90 Å². The van der Waals surface area contributed by atoms with E-state index in [0.717, 1.165) is 11.3 Å². The molecule has 0 aromatic heterocycles. The fraction of sp³-hybridized carbons (Fsp3) is 0.100. The van der Waals surface area contributed by atoms with Crippen LogP contribution in [0, 0.1) is 0 Å². The summed E-state index contributed by atoms with van der Waals surface area (Å²) >= 11 is 0. The molecular formula is C20H17NO5. The Hall–Kier alpha value is -3.54. The fourth-order valence-corrected chi connectivity index (χ4v) is 2.32. The van der Waals surface area contributed by atoms with Crippen LogP contribution in [0.25, 0.3) is 12.2 Å². The van der Waals surface area contributed by atoms with Gasteiger partial charge in [0.05, 0.1) is 14.2 Å². The first-order valence-corrected chi connectivity index (χ1v) is 7.81. The van der Waals surface area contributed by atoms with Crippen molar-refractivity contribution in [1.29, 1.82) is 0 Å². The third kappa shape index (κ3) is 3.92. The molecule has 0 unspecified atom stereocenters. The molecule has 0 saturated heterocycles. The van der Waals surface area contributed by atoms with E-state index in [1.54, 1.807) is 37.5 Å². The summed E-state index contributed by atoms with van der Waals surface area (Å²) in [6, 6.07) is 12.2. The van der Waals surface area contributed by atoms with Crippen LogP contribution >= 0.6 is 0 Å². The van der Waals surface area contributed by atoms with Gasteiger partial charge < -0.3 is 19.3 Å². The summed E-state index contributed by atoms with van der Waals surface area (Å²) in [5.74, 6) is 0.778.